The topological polar surface area (TPSA) is 82.7 Å². The van der Waals surface area contributed by atoms with Gasteiger partial charge in [0.1, 0.15) is 17.6 Å². The van der Waals surface area contributed by atoms with E-state index in [4.69, 9.17) is 4.42 Å². The van der Waals surface area contributed by atoms with E-state index in [1.807, 2.05) is 30.3 Å². The molecule has 0 amide bonds. The van der Waals surface area contributed by atoms with Crippen LogP contribution >= 0.6 is 15.9 Å². The number of furan rings is 1. The Morgan fingerprint density at radius 3 is 2.81 bits per heavy atom. The zero-order chi connectivity index (χ0) is 18.8. The van der Waals surface area contributed by atoms with E-state index in [0.717, 1.165) is 10.0 Å². The van der Waals surface area contributed by atoms with Gasteiger partial charge >= 0.3 is 0 Å². The number of allylic oxidation sites excluding steroid dienone is 1. The second-order valence-corrected chi connectivity index (χ2v) is 6.73. The summed E-state index contributed by atoms with van der Waals surface area (Å²) in [6, 6.07) is 20.4. The highest BCUT2D eigenvalue weighted by atomic mass is 79.9. The molecule has 0 spiro atoms. The number of nitrogens with one attached hydrogen (secondary N) is 1. The zero-order valence-corrected chi connectivity index (χ0v) is 15.5. The maximum absolute atomic E-state index is 12.2. The van der Waals surface area contributed by atoms with E-state index >= 15 is 0 Å². The molecule has 4 aromatic rings. The predicted octanol–water partition coefficient (Wildman–Crippen LogP) is 5.01. The minimum atomic E-state index is -0.286. The van der Waals surface area contributed by atoms with Crippen LogP contribution in [0.4, 0.5) is 0 Å². The highest BCUT2D eigenvalue weighted by Crippen LogP contribution is 2.26. The molecule has 2 aromatic carbocycles. The summed E-state index contributed by atoms with van der Waals surface area (Å²) in [7, 11) is 0. The van der Waals surface area contributed by atoms with E-state index in [9.17, 15) is 10.1 Å². The second-order valence-electron chi connectivity index (χ2n) is 5.81. The first kappa shape index (κ1) is 17.0. The number of para-hydroxylation sites is 1. The van der Waals surface area contributed by atoms with E-state index in [1.165, 1.54) is 0 Å². The van der Waals surface area contributed by atoms with Crippen molar-refractivity contribution in [3.05, 3.63) is 87.1 Å². The molecule has 4 rings (SSSR count). The number of nitriles is 1. The summed E-state index contributed by atoms with van der Waals surface area (Å²) in [5, 5.41) is 10.0. The van der Waals surface area contributed by atoms with Crippen LogP contribution in [0.5, 0.6) is 0 Å². The highest BCUT2D eigenvalue weighted by Gasteiger charge is 2.10. The molecule has 5 nitrogen and oxygen atoms in total. The third kappa shape index (κ3) is 3.46. The molecule has 0 unspecified atom stereocenters. The molecule has 27 heavy (non-hydrogen) atoms. The molecule has 2 heterocycles. The normalized spacial score (nSPS) is 11.5. The fourth-order valence-electron chi connectivity index (χ4n) is 2.74. The minimum Gasteiger partial charge on any atom is -0.457 e. The van der Waals surface area contributed by atoms with Gasteiger partial charge in [-0.15, -0.1) is 0 Å². The Balaban J connectivity index is 1.75. The van der Waals surface area contributed by atoms with Crippen LogP contribution in [0, 0.1) is 11.3 Å². The van der Waals surface area contributed by atoms with E-state index in [2.05, 4.69) is 32.0 Å². The number of fused-ring (bicyclic) bond motifs is 1. The van der Waals surface area contributed by atoms with E-state index in [1.54, 1.807) is 36.4 Å². The summed E-state index contributed by atoms with van der Waals surface area (Å²) >= 11 is 3.44. The molecule has 0 radical (unpaired) electrons. The number of rotatable bonds is 3. The summed E-state index contributed by atoms with van der Waals surface area (Å²) in [6.07, 6.45) is 1.56. The van der Waals surface area contributed by atoms with Crippen molar-refractivity contribution in [3.8, 4) is 17.4 Å². The molecule has 0 bridgehead atoms. The van der Waals surface area contributed by atoms with E-state index < -0.39 is 0 Å². The van der Waals surface area contributed by atoms with Crippen LogP contribution in [0.1, 0.15) is 11.6 Å². The van der Waals surface area contributed by atoms with Crippen LogP contribution in [0.15, 0.2) is 74.3 Å². The van der Waals surface area contributed by atoms with Gasteiger partial charge in [-0.1, -0.05) is 40.2 Å². The van der Waals surface area contributed by atoms with Crippen LogP contribution in [0.3, 0.4) is 0 Å². The van der Waals surface area contributed by atoms with Gasteiger partial charge in [0.2, 0.25) is 0 Å². The van der Waals surface area contributed by atoms with Crippen molar-refractivity contribution in [1.82, 2.24) is 9.97 Å². The fraction of sp³-hybridized carbons (Fsp3) is 0. The Morgan fingerprint density at radius 2 is 2.00 bits per heavy atom. The van der Waals surface area contributed by atoms with Crippen LogP contribution in [-0.4, -0.2) is 9.97 Å². The van der Waals surface area contributed by atoms with Crippen molar-refractivity contribution in [2.75, 3.05) is 0 Å². The monoisotopic (exact) mass is 417 g/mol. The third-order valence-electron chi connectivity index (χ3n) is 4.01. The van der Waals surface area contributed by atoms with Gasteiger partial charge in [-0.25, -0.2) is 4.98 Å². The molecular weight excluding hydrogens is 406 g/mol. The molecule has 2 aromatic heterocycles. The van der Waals surface area contributed by atoms with Gasteiger partial charge < -0.3 is 9.40 Å². The Hall–Kier alpha value is -3.43. The van der Waals surface area contributed by atoms with Gasteiger partial charge in [0, 0.05) is 16.1 Å². The van der Waals surface area contributed by atoms with Gasteiger partial charge in [0.05, 0.1) is 16.5 Å². The first-order valence-electron chi connectivity index (χ1n) is 8.11. The molecule has 0 aliphatic heterocycles. The first-order chi connectivity index (χ1) is 13.1. The van der Waals surface area contributed by atoms with Crippen LogP contribution in [-0.2, 0) is 0 Å². The fourth-order valence-corrected chi connectivity index (χ4v) is 3.14. The number of benzene rings is 2. The molecule has 0 fully saturated rings. The van der Waals surface area contributed by atoms with Crippen LogP contribution in [0.25, 0.3) is 33.9 Å². The van der Waals surface area contributed by atoms with Crippen LogP contribution in [0.2, 0.25) is 0 Å². The summed E-state index contributed by atoms with van der Waals surface area (Å²) in [5.41, 5.74) is 1.38. The Kier molecular flexibility index (Phi) is 4.45. The summed E-state index contributed by atoms with van der Waals surface area (Å²) in [4.78, 5) is 19.3. The van der Waals surface area contributed by atoms with Crippen molar-refractivity contribution in [1.29, 1.82) is 5.26 Å². The average molecular weight is 418 g/mol. The van der Waals surface area contributed by atoms with Gasteiger partial charge in [-0.3, -0.25) is 4.79 Å². The molecule has 0 saturated heterocycles. The average Bonchev–Trinajstić information content (AvgIpc) is 3.15. The maximum Gasteiger partial charge on any atom is 0.259 e. The zero-order valence-electron chi connectivity index (χ0n) is 13.9. The lowest BCUT2D eigenvalue weighted by Crippen LogP contribution is -2.11. The molecule has 0 aliphatic carbocycles. The molecule has 0 aliphatic rings. The number of nitrogens with zero attached hydrogens (tertiary/aromatic N) is 2. The lowest BCUT2D eigenvalue weighted by Gasteiger charge is -2.01. The predicted molar refractivity (Wildman–Crippen MR) is 108 cm³/mol. The first-order valence-corrected chi connectivity index (χ1v) is 8.90. The van der Waals surface area contributed by atoms with Gasteiger partial charge in [0.15, 0.2) is 5.82 Å². The van der Waals surface area contributed by atoms with E-state index in [0.29, 0.717) is 22.4 Å². The third-order valence-corrected chi connectivity index (χ3v) is 4.50. The quantitative estimate of drug-likeness (QED) is 0.474. The number of H-pyrrole nitrogens is 1. The lowest BCUT2D eigenvalue weighted by atomic mass is 10.2. The van der Waals surface area contributed by atoms with Crippen molar-refractivity contribution in [2.45, 2.75) is 0 Å². The van der Waals surface area contributed by atoms with Crippen molar-refractivity contribution >= 4 is 38.5 Å². The SMILES string of the molecule is N#C/C(=C\c1ccc(-c2cccc(Br)c2)o1)c1nc2ccccc2c(=O)[nH]1. The summed E-state index contributed by atoms with van der Waals surface area (Å²) in [5.74, 6) is 1.39. The summed E-state index contributed by atoms with van der Waals surface area (Å²) in [6.45, 7) is 0. The number of aromatic nitrogens is 2. The van der Waals surface area contributed by atoms with Gasteiger partial charge in [-0.05, 0) is 36.4 Å². The number of hydrogen-bond donors (Lipinski definition) is 1. The number of hydrogen-bond acceptors (Lipinski definition) is 4. The standard InChI is InChI=1S/C21H12BrN3O2/c22-15-5-3-4-13(10-15)19-9-8-16(27-19)11-14(12-23)20-24-18-7-2-1-6-17(18)21(26)25-20/h1-11H,(H,24,25,26)/b14-11+. The smallest absolute Gasteiger partial charge is 0.259 e. The lowest BCUT2D eigenvalue weighted by molar-refractivity contribution is 0.572. The maximum atomic E-state index is 12.2. The molecule has 1 N–H and O–H groups in total. The minimum absolute atomic E-state index is 0.210. The van der Waals surface area contributed by atoms with Crippen LogP contribution < -0.4 is 5.56 Å². The molecule has 0 saturated carbocycles. The molecule has 6 heteroatoms. The Labute approximate surface area is 162 Å². The largest absolute Gasteiger partial charge is 0.457 e. The van der Waals surface area contributed by atoms with Crippen molar-refractivity contribution < 1.29 is 4.42 Å². The molecular formula is C21H12BrN3O2. The van der Waals surface area contributed by atoms with E-state index in [-0.39, 0.29) is 17.0 Å². The number of halogens is 1. The van der Waals surface area contributed by atoms with Crippen molar-refractivity contribution in [2.24, 2.45) is 0 Å². The summed E-state index contributed by atoms with van der Waals surface area (Å²) < 4.78 is 6.78. The molecule has 130 valence electrons. The second kappa shape index (κ2) is 7.06. The van der Waals surface area contributed by atoms with Gasteiger partial charge in [-0.2, -0.15) is 5.26 Å². The van der Waals surface area contributed by atoms with Gasteiger partial charge in [0.25, 0.3) is 5.56 Å². The Morgan fingerprint density at radius 1 is 1.15 bits per heavy atom. The molecule has 0 atom stereocenters. The number of aromatic amines is 1. The van der Waals surface area contributed by atoms with Crippen molar-refractivity contribution in [3.63, 3.8) is 0 Å². The highest BCUT2D eigenvalue weighted by molar-refractivity contribution is 9.10. The Bertz CT molecular complexity index is 1280.